The molecule has 0 aliphatic heterocycles. The third kappa shape index (κ3) is 7.14. The molecule has 0 spiro atoms. The van der Waals surface area contributed by atoms with Crippen LogP contribution in [-0.2, 0) is 14.3 Å². The SMILES string of the molecule is C[C@@H](OC(=O)/C=C/c1ccc(OC(F)(F)F)cc1)C(=O)NC1(C#N)CCCCC1. The second-order valence-electron chi connectivity index (χ2n) is 6.77. The molecule has 0 saturated heterocycles. The summed E-state index contributed by atoms with van der Waals surface area (Å²) >= 11 is 0. The predicted octanol–water partition coefficient (Wildman–Crippen LogP) is 3.87. The molecular weight excluding hydrogens is 389 g/mol. The average molecular weight is 410 g/mol. The standard InChI is InChI=1S/C20H21F3N2O4/c1-14(18(27)25-19(13-24)11-3-2-4-12-19)28-17(26)10-7-15-5-8-16(9-6-15)29-20(21,22)23/h5-10,14H,2-4,11-12H2,1H3,(H,25,27)/b10-7+/t14-/m1/s1. The van der Waals surface area contributed by atoms with Crippen molar-refractivity contribution >= 4 is 18.0 Å². The molecule has 2 rings (SSSR count). The number of nitriles is 1. The minimum Gasteiger partial charge on any atom is -0.449 e. The van der Waals surface area contributed by atoms with Gasteiger partial charge in [-0.2, -0.15) is 5.26 Å². The van der Waals surface area contributed by atoms with Crippen molar-refractivity contribution in [2.45, 2.75) is 57.0 Å². The van der Waals surface area contributed by atoms with Crippen LogP contribution >= 0.6 is 0 Å². The number of nitrogens with zero attached hydrogens (tertiary/aromatic N) is 1. The van der Waals surface area contributed by atoms with E-state index in [1.54, 1.807) is 0 Å². The van der Waals surface area contributed by atoms with E-state index in [2.05, 4.69) is 16.1 Å². The monoisotopic (exact) mass is 410 g/mol. The number of hydrogen-bond donors (Lipinski definition) is 1. The third-order valence-electron chi connectivity index (χ3n) is 4.47. The highest BCUT2D eigenvalue weighted by Gasteiger charge is 2.35. The molecule has 1 saturated carbocycles. The van der Waals surface area contributed by atoms with Gasteiger partial charge in [-0.3, -0.25) is 4.79 Å². The van der Waals surface area contributed by atoms with Gasteiger partial charge in [-0.1, -0.05) is 31.4 Å². The highest BCUT2D eigenvalue weighted by atomic mass is 19.4. The highest BCUT2D eigenvalue weighted by molar-refractivity contribution is 5.90. The minimum absolute atomic E-state index is 0.378. The van der Waals surface area contributed by atoms with Gasteiger partial charge in [0, 0.05) is 6.08 Å². The zero-order chi connectivity index (χ0) is 21.5. The topological polar surface area (TPSA) is 88.4 Å². The zero-order valence-electron chi connectivity index (χ0n) is 15.8. The maximum atomic E-state index is 12.3. The maximum Gasteiger partial charge on any atom is 0.573 e. The summed E-state index contributed by atoms with van der Waals surface area (Å²) in [6.45, 7) is 1.40. The van der Waals surface area contributed by atoms with Gasteiger partial charge < -0.3 is 14.8 Å². The lowest BCUT2D eigenvalue weighted by Gasteiger charge is -2.32. The van der Waals surface area contributed by atoms with Crippen molar-refractivity contribution in [2.24, 2.45) is 0 Å². The highest BCUT2D eigenvalue weighted by Crippen LogP contribution is 2.27. The van der Waals surface area contributed by atoms with Crippen LogP contribution in [0.1, 0.15) is 44.6 Å². The predicted molar refractivity (Wildman–Crippen MR) is 97.3 cm³/mol. The van der Waals surface area contributed by atoms with Crippen molar-refractivity contribution < 1.29 is 32.2 Å². The van der Waals surface area contributed by atoms with Crippen LogP contribution in [0.15, 0.2) is 30.3 Å². The number of rotatable bonds is 6. The Kier molecular flexibility index (Phi) is 7.26. The smallest absolute Gasteiger partial charge is 0.449 e. The molecule has 1 amide bonds. The Bertz CT molecular complexity index is 791. The summed E-state index contributed by atoms with van der Waals surface area (Å²) < 4.78 is 45.2. The van der Waals surface area contributed by atoms with Crippen LogP contribution in [0.25, 0.3) is 6.08 Å². The summed E-state index contributed by atoms with van der Waals surface area (Å²) in [5.74, 6) is -1.72. The Balaban J connectivity index is 1.87. The molecule has 0 aromatic heterocycles. The van der Waals surface area contributed by atoms with Gasteiger partial charge in [0.15, 0.2) is 6.10 Å². The van der Waals surface area contributed by atoms with E-state index in [1.807, 2.05) is 0 Å². The van der Waals surface area contributed by atoms with Gasteiger partial charge in [0.1, 0.15) is 11.3 Å². The molecule has 1 N–H and O–H groups in total. The van der Waals surface area contributed by atoms with Crippen LogP contribution in [0.5, 0.6) is 5.75 Å². The van der Waals surface area contributed by atoms with Gasteiger partial charge >= 0.3 is 12.3 Å². The van der Waals surface area contributed by atoms with Gasteiger partial charge in [-0.15, -0.1) is 13.2 Å². The summed E-state index contributed by atoms with van der Waals surface area (Å²) in [5, 5.41) is 12.1. The second-order valence-corrected chi connectivity index (χ2v) is 6.77. The van der Waals surface area contributed by atoms with E-state index in [0.29, 0.717) is 18.4 Å². The second kappa shape index (κ2) is 9.45. The van der Waals surface area contributed by atoms with Gasteiger partial charge in [-0.25, -0.2) is 4.79 Å². The molecule has 1 atom stereocenters. The van der Waals surface area contributed by atoms with Crippen molar-refractivity contribution in [3.8, 4) is 11.8 Å². The van der Waals surface area contributed by atoms with Gasteiger partial charge in [-0.05, 0) is 43.5 Å². The number of benzene rings is 1. The van der Waals surface area contributed by atoms with Crippen molar-refractivity contribution in [3.05, 3.63) is 35.9 Å². The van der Waals surface area contributed by atoms with Crippen molar-refractivity contribution in [3.63, 3.8) is 0 Å². The molecule has 9 heteroatoms. The normalized spacial score (nSPS) is 17.2. The number of carbonyl (C=O) groups excluding carboxylic acids is 2. The van der Waals surface area contributed by atoms with E-state index >= 15 is 0 Å². The van der Waals surface area contributed by atoms with Crippen molar-refractivity contribution in [1.29, 1.82) is 5.26 Å². The first-order valence-electron chi connectivity index (χ1n) is 9.10. The Morgan fingerprint density at radius 3 is 2.38 bits per heavy atom. The molecule has 1 aliphatic carbocycles. The molecule has 29 heavy (non-hydrogen) atoms. The van der Waals surface area contributed by atoms with Crippen molar-refractivity contribution in [2.75, 3.05) is 0 Å². The Morgan fingerprint density at radius 2 is 1.83 bits per heavy atom. The quantitative estimate of drug-likeness (QED) is 0.568. The molecule has 1 fully saturated rings. The Morgan fingerprint density at radius 1 is 1.21 bits per heavy atom. The van der Waals surface area contributed by atoms with Crippen LogP contribution in [0, 0.1) is 11.3 Å². The zero-order valence-corrected chi connectivity index (χ0v) is 15.8. The van der Waals surface area contributed by atoms with E-state index in [1.165, 1.54) is 25.1 Å². The van der Waals surface area contributed by atoms with E-state index in [4.69, 9.17) is 4.74 Å². The molecule has 0 unspecified atom stereocenters. The first kappa shape index (κ1) is 22.3. The van der Waals surface area contributed by atoms with Crippen molar-refractivity contribution in [1.82, 2.24) is 5.32 Å². The summed E-state index contributed by atoms with van der Waals surface area (Å²) in [6.07, 6.45) is 0.342. The van der Waals surface area contributed by atoms with Crippen LogP contribution in [-0.4, -0.2) is 29.9 Å². The molecule has 1 aliphatic rings. The fraction of sp³-hybridized carbons (Fsp3) is 0.450. The average Bonchev–Trinajstić information content (AvgIpc) is 2.67. The summed E-state index contributed by atoms with van der Waals surface area (Å²) in [6, 6.07) is 7.05. The van der Waals surface area contributed by atoms with Gasteiger partial charge in [0.2, 0.25) is 0 Å². The van der Waals surface area contributed by atoms with Crippen LogP contribution in [0.3, 0.4) is 0 Å². The summed E-state index contributed by atoms with van der Waals surface area (Å²) in [7, 11) is 0. The first-order valence-corrected chi connectivity index (χ1v) is 9.10. The number of halogens is 3. The lowest BCUT2D eigenvalue weighted by atomic mass is 9.83. The summed E-state index contributed by atoms with van der Waals surface area (Å²) in [5.41, 5.74) is -0.481. The van der Waals surface area contributed by atoms with Crippen LogP contribution in [0.2, 0.25) is 0 Å². The molecule has 0 bridgehead atoms. The molecule has 0 heterocycles. The number of ether oxygens (including phenoxy) is 2. The number of nitrogens with one attached hydrogen (secondary N) is 1. The molecule has 1 aromatic rings. The number of esters is 1. The molecule has 1 aromatic carbocycles. The number of amides is 1. The summed E-state index contributed by atoms with van der Waals surface area (Å²) in [4.78, 5) is 24.2. The fourth-order valence-corrected chi connectivity index (χ4v) is 2.97. The Hall–Kier alpha value is -3.02. The van der Waals surface area contributed by atoms with E-state index in [9.17, 15) is 28.0 Å². The maximum absolute atomic E-state index is 12.3. The largest absolute Gasteiger partial charge is 0.573 e. The fourth-order valence-electron chi connectivity index (χ4n) is 2.97. The van der Waals surface area contributed by atoms with Crippen LogP contribution in [0.4, 0.5) is 13.2 Å². The molecule has 156 valence electrons. The van der Waals surface area contributed by atoms with Gasteiger partial charge in [0.05, 0.1) is 6.07 Å². The molecule has 6 nitrogen and oxygen atoms in total. The Labute approximate surface area is 166 Å². The van der Waals surface area contributed by atoms with E-state index < -0.39 is 29.9 Å². The van der Waals surface area contributed by atoms with E-state index in [0.717, 1.165) is 37.5 Å². The molecule has 0 radical (unpaired) electrons. The first-order chi connectivity index (χ1) is 13.6. The van der Waals surface area contributed by atoms with Crippen LogP contribution < -0.4 is 10.1 Å². The number of carbonyl (C=O) groups is 2. The lowest BCUT2D eigenvalue weighted by Crippen LogP contribution is -2.52. The lowest BCUT2D eigenvalue weighted by molar-refractivity contribution is -0.274. The third-order valence-corrected chi connectivity index (χ3v) is 4.47. The van der Waals surface area contributed by atoms with E-state index in [-0.39, 0.29) is 5.75 Å². The van der Waals surface area contributed by atoms with Gasteiger partial charge in [0.25, 0.3) is 5.91 Å². The number of alkyl halides is 3. The molecular formula is C20H21F3N2O4. The number of hydrogen-bond acceptors (Lipinski definition) is 5. The minimum atomic E-state index is -4.78.